The lowest BCUT2D eigenvalue weighted by atomic mass is 10.2. The summed E-state index contributed by atoms with van der Waals surface area (Å²) < 4.78 is 18.2. The zero-order chi connectivity index (χ0) is 13.4. The quantitative estimate of drug-likeness (QED) is 0.313. The van der Waals surface area contributed by atoms with Crippen LogP contribution in [0, 0.1) is 15.9 Å². The zero-order valence-corrected chi connectivity index (χ0v) is 10.7. The molecule has 0 amide bonds. The Hall–Kier alpha value is -1.36. The highest BCUT2D eigenvalue weighted by atomic mass is 35.5. The van der Waals surface area contributed by atoms with Gasteiger partial charge in [0.2, 0.25) is 0 Å². The molecule has 0 aliphatic rings. The summed E-state index contributed by atoms with van der Waals surface area (Å²) in [5, 5.41) is 10.7. The van der Waals surface area contributed by atoms with E-state index in [2.05, 4.69) is 0 Å². The summed E-state index contributed by atoms with van der Waals surface area (Å²) in [6.07, 6.45) is 3.73. The van der Waals surface area contributed by atoms with Crippen LogP contribution in [0.15, 0.2) is 18.2 Å². The van der Waals surface area contributed by atoms with Gasteiger partial charge in [0.1, 0.15) is 5.82 Å². The van der Waals surface area contributed by atoms with E-state index in [0.717, 1.165) is 37.8 Å². The van der Waals surface area contributed by atoms with Gasteiger partial charge >= 0.3 is 5.69 Å². The number of alkyl halides is 1. The molecule has 0 saturated heterocycles. The van der Waals surface area contributed by atoms with E-state index in [9.17, 15) is 14.5 Å². The zero-order valence-electron chi connectivity index (χ0n) is 9.90. The van der Waals surface area contributed by atoms with Crippen LogP contribution in [-0.4, -0.2) is 17.4 Å². The van der Waals surface area contributed by atoms with Gasteiger partial charge in [-0.05, 0) is 25.0 Å². The Morgan fingerprint density at radius 1 is 1.28 bits per heavy atom. The van der Waals surface area contributed by atoms with Gasteiger partial charge < -0.3 is 4.74 Å². The van der Waals surface area contributed by atoms with Crippen molar-refractivity contribution in [1.29, 1.82) is 0 Å². The minimum absolute atomic E-state index is 0.110. The topological polar surface area (TPSA) is 52.4 Å². The molecular formula is C12H15ClFNO3. The minimum atomic E-state index is -0.647. The Morgan fingerprint density at radius 2 is 2.00 bits per heavy atom. The highest BCUT2D eigenvalue weighted by molar-refractivity contribution is 6.17. The summed E-state index contributed by atoms with van der Waals surface area (Å²) in [4.78, 5) is 10.0. The predicted molar refractivity (Wildman–Crippen MR) is 67.7 cm³/mol. The number of hydrogen-bond acceptors (Lipinski definition) is 3. The molecule has 0 heterocycles. The number of benzene rings is 1. The van der Waals surface area contributed by atoms with E-state index >= 15 is 0 Å². The first-order chi connectivity index (χ1) is 8.65. The normalized spacial score (nSPS) is 10.3. The van der Waals surface area contributed by atoms with E-state index in [-0.39, 0.29) is 11.4 Å². The van der Waals surface area contributed by atoms with Crippen molar-refractivity contribution >= 4 is 17.3 Å². The van der Waals surface area contributed by atoms with Crippen molar-refractivity contribution in [1.82, 2.24) is 0 Å². The highest BCUT2D eigenvalue weighted by Crippen LogP contribution is 2.27. The fourth-order valence-electron chi connectivity index (χ4n) is 1.49. The summed E-state index contributed by atoms with van der Waals surface area (Å²) in [7, 11) is 0. The maximum absolute atomic E-state index is 12.9. The minimum Gasteiger partial charge on any atom is -0.487 e. The third kappa shape index (κ3) is 4.87. The molecular weight excluding hydrogens is 261 g/mol. The number of hydrogen-bond donors (Lipinski definition) is 0. The number of rotatable bonds is 8. The molecule has 0 aromatic heterocycles. The van der Waals surface area contributed by atoms with Crippen molar-refractivity contribution in [2.24, 2.45) is 0 Å². The lowest BCUT2D eigenvalue weighted by Crippen LogP contribution is -2.01. The van der Waals surface area contributed by atoms with Gasteiger partial charge in [-0.2, -0.15) is 0 Å². The molecule has 0 aliphatic heterocycles. The first-order valence-electron chi connectivity index (χ1n) is 5.78. The maximum Gasteiger partial charge on any atom is 0.313 e. The second-order valence-electron chi connectivity index (χ2n) is 3.82. The van der Waals surface area contributed by atoms with Crippen molar-refractivity contribution in [2.75, 3.05) is 12.5 Å². The largest absolute Gasteiger partial charge is 0.487 e. The monoisotopic (exact) mass is 275 g/mol. The number of nitrogens with zero attached hydrogens (tertiary/aromatic N) is 1. The van der Waals surface area contributed by atoms with E-state index < -0.39 is 10.7 Å². The number of halogens is 2. The van der Waals surface area contributed by atoms with Gasteiger partial charge in [-0.25, -0.2) is 4.39 Å². The summed E-state index contributed by atoms with van der Waals surface area (Å²) >= 11 is 5.54. The first-order valence-corrected chi connectivity index (χ1v) is 6.31. The molecule has 0 fully saturated rings. The molecule has 0 aliphatic carbocycles. The molecule has 18 heavy (non-hydrogen) atoms. The fraction of sp³-hybridized carbons (Fsp3) is 0.500. The van der Waals surface area contributed by atoms with Gasteiger partial charge in [-0.1, -0.05) is 12.8 Å². The molecule has 6 heteroatoms. The van der Waals surface area contributed by atoms with Gasteiger partial charge in [0, 0.05) is 5.88 Å². The van der Waals surface area contributed by atoms with Crippen LogP contribution >= 0.6 is 11.6 Å². The van der Waals surface area contributed by atoms with Crippen LogP contribution < -0.4 is 4.74 Å². The summed E-state index contributed by atoms with van der Waals surface area (Å²) in [5.41, 5.74) is -0.337. The average Bonchev–Trinajstić information content (AvgIpc) is 2.35. The highest BCUT2D eigenvalue weighted by Gasteiger charge is 2.15. The summed E-state index contributed by atoms with van der Waals surface area (Å²) in [6, 6.07) is 3.30. The van der Waals surface area contributed by atoms with Crippen LogP contribution in [0.5, 0.6) is 5.75 Å². The van der Waals surface area contributed by atoms with Gasteiger partial charge in [0.05, 0.1) is 17.6 Å². The van der Waals surface area contributed by atoms with Crippen molar-refractivity contribution in [3.8, 4) is 5.75 Å². The maximum atomic E-state index is 12.9. The molecule has 0 bridgehead atoms. The van der Waals surface area contributed by atoms with Crippen LogP contribution in [0.25, 0.3) is 0 Å². The van der Waals surface area contributed by atoms with Crippen molar-refractivity contribution in [2.45, 2.75) is 25.7 Å². The van der Waals surface area contributed by atoms with E-state index in [4.69, 9.17) is 16.3 Å². The van der Waals surface area contributed by atoms with Crippen LogP contribution in [0.2, 0.25) is 0 Å². The lowest BCUT2D eigenvalue weighted by molar-refractivity contribution is -0.386. The lowest BCUT2D eigenvalue weighted by Gasteiger charge is -2.06. The standard InChI is InChI=1S/C12H15ClFNO3/c13-7-3-1-2-4-8-18-12-6-5-10(14)9-11(12)15(16)17/h5-6,9H,1-4,7-8H2. The number of unbranched alkanes of at least 4 members (excludes halogenated alkanes) is 3. The Kier molecular flexibility index (Phi) is 6.43. The Morgan fingerprint density at radius 3 is 2.67 bits per heavy atom. The molecule has 1 rings (SSSR count). The summed E-state index contributed by atoms with van der Waals surface area (Å²) in [5.74, 6) is 0.111. The van der Waals surface area contributed by atoms with Crippen molar-refractivity contribution < 1.29 is 14.1 Å². The second kappa shape index (κ2) is 7.87. The van der Waals surface area contributed by atoms with Crippen LogP contribution in [-0.2, 0) is 0 Å². The van der Waals surface area contributed by atoms with E-state index in [0.29, 0.717) is 12.5 Å². The number of nitro groups is 1. The molecule has 0 N–H and O–H groups in total. The number of ether oxygens (including phenoxy) is 1. The average molecular weight is 276 g/mol. The molecule has 0 radical (unpaired) electrons. The molecule has 100 valence electrons. The van der Waals surface area contributed by atoms with E-state index in [1.54, 1.807) is 0 Å². The van der Waals surface area contributed by atoms with Crippen molar-refractivity contribution in [3.63, 3.8) is 0 Å². The Labute approximate surface area is 110 Å². The van der Waals surface area contributed by atoms with Crippen LogP contribution in [0.3, 0.4) is 0 Å². The van der Waals surface area contributed by atoms with Gasteiger partial charge in [-0.15, -0.1) is 11.6 Å². The van der Waals surface area contributed by atoms with E-state index in [1.165, 1.54) is 6.07 Å². The molecule has 4 nitrogen and oxygen atoms in total. The van der Waals surface area contributed by atoms with Gasteiger partial charge in [0.25, 0.3) is 0 Å². The Bertz CT molecular complexity index is 401. The van der Waals surface area contributed by atoms with Crippen molar-refractivity contribution in [3.05, 3.63) is 34.1 Å². The Balaban J connectivity index is 2.44. The molecule has 1 aromatic carbocycles. The molecule has 0 unspecified atom stereocenters. The fourth-order valence-corrected chi connectivity index (χ4v) is 1.68. The first kappa shape index (κ1) is 14.7. The molecule has 0 spiro atoms. The smallest absolute Gasteiger partial charge is 0.313 e. The van der Waals surface area contributed by atoms with Gasteiger partial charge in [0.15, 0.2) is 5.75 Å². The van der Waals surface area contributed by atoms with Crippen LogP contribution in [0.1, 0.15) is 25.7 Å². The SMILES string of the molecule is O=[N+]([O-])c1cc(F)ccc1OCCCCCCCl. The predicted octanol–water partition coefficient (Wildman–Crippen LogP) is 3.91. The number of nitro benzene ring substituents is 1. The van der Waals surface area contributed by atoms with Gasteiger partial charge in [-0.3, -0.25) is 10.1 Å². The third-order valence-electron chi connectivity index (χ3n) is 2.40. The third-order valence-corrected chi connectivity index (χ3v) is 2.67. The second-order valence-corrected chi connectivity index (χ2v) is 4.20. The molecule has 0 atom stereocenters. The molecule has 0 saturated carbocycles. The van der Waals surface area contributed by atoms with E-state index in [1.807, 2.05) is 0 Å². The van der Waals surface area contributed by atoms with Crippen LogP contribution in [0.4, 0.5) is 10.1 Å². The summed E-state index contributed by atoms with van der Waals surface area (Å²) in [6.45, 7) is 0.384. The molecule has 1 aromatic rings.